The van der Waals surface area contributed by atoms with Crippen molar-refractivity contribution in [1.29, 1.82) is 0 Å². The van der Waals surface area contributed by atoms with Crippen molar-refractivity contribution < 1.29 is 35.9 Å². The standard InChI is InChI=1S/C22H17ClF6N2O2/c1-20(2,3)17-11-18(31(30-17)16-6-4-5-15(23)10-16)33-19(32)12-7-13(21(24,25)26)9-14(8-12)22(27,28)29/h4-11H,1-3H3. The second-order valence-electron chi connectivity index (χ2n) is 8.19. The van der Waals surface area contributed by atoms with E-state index in [2.05, 4.69) is 5.10 Å². The molecule has 33 heavy (non-hydrogen) atoms. The molecule has 0 fully saturated rings. The highest BCUT2D eigenvalue weighted by Gasteiger charge is 2.38. The normalized spacial score (nSPS) is 12.7. The van der Waals surface area contributed by atoms with E-state index in [0.29, 0.717) is 28.5 Å². The highest BCUT2D eigenvalue weighted by atomic mass is 35.5. The van der Waals surface area contributed by atoms with Crippen molar-refractivity contribution in [2.75, 3.05) is 0 Å². The summed E-state index contributed by atoms with van der Waals surface area (Å²) in [4.78, 5) is 12.7. The molecule has 0 N–H and O–H groups in total. The number of ether oxygens (including phenoxy) is 1. The molecule has 1 heterocycles. The van der Waals surface area contributed by atoms with Gasteiger partial charge in [0.15, 0.2) is 0 Å². The monoisotopic (exact) mass is 490 g/mol. The van der Waals surface area contributed by atoms with Crippen molar-refractivity contribution in [3.8, 4) is 11.6 Å². The van der Waals surface area contributed by atoms with Gasteiger partial charge in [0.05, 0.1) is 28.1 Å². The molecule has 176 valence electrons. The largest absolute Gasteiger partial charge is 0.416 e. The number of nitrogens with zero attached hydrogens (tertiary/aromatic N) is 2. The lowest BCUT2D eigenvalue weighted by Crippen LogP contribution is -2.16. The van der Waals surface area contributed by atoms with Gasteiger partial charge in [0.1, 0.15) is 0 Å². The Kier molecular flexibility index (Phi) is 6.27. The zero-order chi connectivity index (χ0) is 24.8. The van der Waals surface area contributed by atoms with Crippen LogP contribution in [0.1, 0.15) is 48.0 Å². The molecule has 0 bridgehead atoms. The van der Waals surface area contributed by atoms with Crippen molar-refractivity contribution >= 4 is 17.6 Å². The highest BCUT2D eigenvalue weighted by Crippen LogP contribution is 2.37. The Morgan fingerprint density at radius 1 is 0.909 bits per heavy atom. The minimum Gasteiger partial charge on any atom is -0.404 e. The molecule has 11 heteroatoms. The molecule has 1 aromatic heterocycles. The maximum absolute atomic E-state index is 13.1. The van der Waals surface area contributed by atoms with Crippen LogP contribution < -0.4 is 4.74 Å². The van der Waals surface area contributed by atoms with E-state index in [0.717, 1.165) is 0 Å². The van der Waals surface area contributed by atoms with E-state index in [1.165, 1.54) is 16.8 Å². The van der Waals surface area contributed by atoms with Gasteiger partial charge in [-0.05, 0) is 36.4 Å². The van der Waals surface area contributed by atoms with E-state index < -0.39 is 40.4 Å². The number of alkyl halides is 6. The zero-order valence-electron chi connectivity index (χ0n) is 17.5. The molecule has 0 atom stereocenters. The summed E-state index contributed by atoms with van der Waals surface area (Å²) in [7, 11) is 0. The van der Waals surface area contributed by atoms with Crippen LogP contribution in [0.2, 0.25) is 5.02 Å². The number of rotatable bonds is 3. The predicted molar refractivity (Wildman–Crippen MR) is 109 cm³/mol. The molecule has 0 radical (unpaired) electrons. The Balaban J connectivity index is 2.08. The van der Waals surface area contributed by atoms with E-state index in [-0.39, 0.29) is 11.9 Å². The number of halogens is 7. The summed E-state index contributed by atoms with van der Waals surface area (Å²) < 4.78 is 85.2. The van der Waals surface area contributed by atoms with Crippen LogP contribution in [0.5, 0.6) is 5.88 Å². The molecule has 0 aliphatic heterocycles. The molecule has 2 aromatic carbocycles. The maximum atomic E-state index is 13.1. The van der Waals surface area contributed by atoms with Crippen LogP contribution in [-0.2, 0) is 17.8 Å². The quantitative estimate of drug-likeness (QED) is 0.291. The second kappa shape index (κ2) is 8.40. The molecule has 0 aliphatic carbocycles. The van der Waals surface area contributed by atoms with E-state index >= 15 is 0 Å². The Hall–Kier alpha value is -3.01. The number of esters is 1. The number of hydrogen-bond donors (Lipinski definition) is 0. The smallest absolute Gasteiger partial charge is 0.404 e. The SMILES string of the molecule is CC(C)(C)c1cc(OC(=O)c2cc(C(F)(F)F)cc(C(F)(F)F)c2)n(-c2cccc(Cl)c2)n1. The van der Waals surface area contributed by atoms with E-state index in [4.69, 9.17) is 16.3 Å². The third-order valence-corrected chi connectivity index (χ3v) is 4.75. The molecule has 0 amide bonds. The summed E-state index contributed by atoms with van der Waals surface area (Å²) in [6, 6.07) is 8.22. The number of benzene rings is 2. The van der Waals surface area contributed by atoms with Gasteiger partial charge in [0, 0.05) is 16.5 Å². The van der Waals surface area contributed by atoms with E-state index in [9.17, 15) is 31.1 Å². The van der Waals surface area contributed by atoms with Crippen LogP contribution in [0.15, 0.2) is 48.5 Å². The number of hydrogen-bond acceptors (Lipinski definition) is 3. The molecule has 3 rings (SSSR count). The molecule has 3 aromatic rings. The lowest BCUT2D eigenvalue weighted by molar-refractivity contribution is -0.143. The van der Waals surface area contributed by atoms with Gasteiger partial charge in [-0.1, -0.05) is 38.4 Å². The second-order valence-corrected chi connectivity index (χ2v) is 8.63. The van der Waals surface area contributed by atoms with Gasteiger partial charge in [-0.25, -0.2) is 9.48 Å². The van der Waals surface area contributed by atoms with E-state index in [1.54, 1.807) is 18.2 Å². The lowest BCUT2D eigenvalue weighted by atomic mass is 9.93. The van der Waals surface area contributed by atoms with Crippen LogP contribution in [-0.4, -0.2) is 15.7 Å². The van der Waals surface area contributed by atoms with Crippen LogP contribution >= 0.6 is 11.6 Å². The van der Waals surface area contributed by atoms with Crippen LogP contribution in [0.25, 0.3) is 5.69 Å². The van der Waals surface area contributed by atoms with Gasteiger partial charge >= 0.3 is 18.3 Å². The van der Waals surface area contributed by atoms with Crippen molar-refractivity contribution in [1.82, 2.24) is 9.78 Å². The molecule has 0 saturated carbocycles. The number of carbonyl (C=O) groups is 1. The summed E-state index contributed by atoms with van der Waals surface area (Å²) in [5.74, 6) is -1.60. The molecule has 0 saturated heterocycles. The molecular weight excluding hydrogens is 474 g/mol. The molecule has 4 nitrogen and oxygen atoms in total. The minimum absolute atomic E-state index is 0.0648. The first-order valence-electron chi connectivity index (χ1n) is 9.44. The molecule has 0 aliphatic rings. The summed E-state index contributed by atoms with van der Waals surface area (Å²) in [5.41, 5.74) is -3.82. The van der Waals surface area contributed by atoms with Gasteiger partial charge in [-0.3, -0.25) is 0 Å². The highest BCUT2D eigenvalue weighted by molar-refractivity contribution is 6.30. The Morgan fingerprint density at radius 3 is 1.97 bits per heavy atom. The van der Waals surface area contributed by atoms with Crippen molar-refractivity contribution in [2.24, 2.45) is 0 Å². The van der Waals surface area contributed by atoms with Crippen molar-refractivity contribution in [3.05, 3.63) is 75.9 Å². The maximum Gasteiger partial charge on any atom is 0.416 e. The Bertz CT molecular complexity index is 1160. The lowest BCUT2D eigenvalue weighted by Gasteiger charge is -2.14. The molecule has 0 unspecified atom stereocenters. The summed E-state index contributed by atoms with van der Waals surface area (Å²) in [6.45, 7) is 5.48. The first-order valence-corrected chi connectivity index (χ1v) is 9.81. The fourth-order valence-corrected chi connectivity index (χ4v) is 3.01. The van der Waals surface area contributed by atoms with Crippen LogP contribution in [0.4, 0.5) is 26.3 Å². The number of aromatic nitrogens is 2. The molecule has 0 spiro atoms. The van der Waals surface area contributed by atoms with Crippen molar-refractivity contribution in [2.45, 2.75) is 38.5 Å². The summed E-state index contributed by atoms with van der Waals surface area (Å²) in [5, 5.41) is 4.71. The Labute approximate surface area is 189 Å². The molecular formula is C22H17ClF6N2O2. The third kappa shape index (κ3) is 5.68. The topological polar surface area (TPSA) is 44.1 Å². The van der Waals surface area contributed by atoms with Gasteiger partial charge in [0.2, 0.25) is 5.88 Å². The predicted octanol–water partition coefficient (Wildman–Crippen LogP) is 7.08. The fraction of sp³-hybridized carbons (Fsp3) is 0.273. The van der Waals surface area contributed by atoms with Crippen LogP contribution in [0.3, 0.4) is 0 Å². The van der Waals surface area contributed by atoms with Crippen LogP contribution in [0, 0.1) is 0 Å². The van der Waals surface area contributed by atoms with Crippen molar-refractivity contribution in [3.63, 3.8) is 0 Å². The Morgan fingerprint density at radius 2 is 1.48 bits per heavy atom. The van der Waals surface area contributed by atoms with E-state index in [1.807, 2.05) is 20.8 Å². The number of carbonyl (C=O) groups excluding carboxylic acids is 1. The minimum atomic E-state index is -5.10. The fourth-order valence-electron chi connectivity index (χ4n) is 2.82. The van der Waals surface area contributed by atoms with Gasteiger partial charge in [-0.2, -0.15) is 31.4 Å². The third-order valence-electron chi connectivity index (χ3n) is 4.52. The summed E-state index contributed by atoms with van der Waals surface area (Å²) >= 11 is 6.00. The van der Waals surface area contributed by atoms with Gasteiger partial charge < -0.3 is 4.74 Å². The average Bonchev–Trinajstić information content (AvgIpc) is 3.10. The van der Waals surface area contributed by atoms with Gasteiger partial charge in [0.25, 0.3) is 0 Å². The first kappa shape index (κ1) is 24.6. The zero-order valence-corrected chi connectivity index (χ0v) is 18.2. The first-order chi connectivity index (χ1) is 15.1. The van der Waals surface area contributed by atoms with Gasteiger partial charge in [-0.15, -0.1) is 0 Å². The average molecular weight is 491 g/mol. The summed E-state index contributed by atoms with van der Waals surface area (Å²) in [6.07, 6.45) is -10.2.